The number of benzene rings is 1. The predicted molar refractivity (Wildman–Crippen MR) is 93.5 cm³/mol. The largest absolute Gasteiger partial charge is 0.496 e. The molecule has 1 N–H and O–H groups in total. The highest BCUT2D eigenvalue weighted by Crippen LogP contribution is 2.36. The lowest BCUT2D eigenvalue weighted by Crippen LogP contribution is -2.24. The normalized spacial score (nSPS) is 17.7. The van der Waals surface area contributed by atoms with Crippen molar-refractivity contribution in [1.82, 2.24) is 14.9 Å². The summed E-state index contributed by atoms with van der Waals surface area (Å²) < 4.78 is 11.1. The van der Waals surface area contributed by atoms with Crippen LogP contribution in [0.2, 0.25) is 0 Å². The Kier molecular flexibility index (Phi) is 5.15. The molecule has 0 unspecified atom stereocenters. The van der Waals surface area contributed by atoms with Gasteiger partial charge in [0.2, 0.25) is 0 Å². The zero-order valence-corrected chi connectivity index (χ0v) is 14.5. The fourth-order valence-electron chi connectivity index (χ4n) is 3.30. The second kappa shape index (κ2) is 7.49. The molecule has 0 bridgehead atoms. The lowest BCUT2D eigenvalue weighted by atomic mass is 10.1. The van der Waals surface area contributed by atoms with Crippen molar-refractivity contribution in [2.45, 2.75) is 25.4 Å². The number of nitrogens with one attached hydrogen (secondary N) is 1. The fraction of sp³-hybridized carbons (Fsp3) is 0.444. The van der Waals surface area contributed by atoms with Crippen molar-refractivity contribution in [3.63, 3.8) is 0 Å². The summed E-state index contributed by atoms with van der Waals surface area (Å²) in [5.41, 5.74) is 2.08. The van der Waals surface area contributed by atoms with Gasteiger partial charge in [-0.05, 0) is 31.5 Å². The van der Waals surface area contributed by atoms with Gasteiger partial charge in [-0.25, -0.2) is 4.98 Å². The zero-order valence-electron chi connectivity index (χ0n) is 14.5. The first-order valence-corrected chi connectivity index (χ1v) is 8.20. The van der Waals surface area contributed by atoms with Crippen LogP contribution in [0.5, 0.6) is 11.5 Å². The smallest absolute Gasteiger partial charge is 0.144 e. The molecule has 1 atom stereocenters. The third-order valence-electron chi connectivity index (χ3n) is 4.51. The third kappa shape index (κ3) is 3.28. The Hall–Kier alpha value is -2.34. The molecule has 1 aromatic carbocycles. The first-order valence-electron chi connectivity index (χ1n) is 8.20. The molecule has 1 fully saturated rings. The van der Waals surface area contributed by atoms with E-state index in [-0.39, 0.29) is 6.04 Å². The monoisotopic (exact) mass is 328 g/mol. The van der Waals surface area contributed by atoms with Gasteiger partial charge < -0.3 is 14.8 Å². The molecule has 0 radical (unpaired) electrons. The van der Waals surface area contributed by atoms with Crippen molar-refractivity contribution in [3.05, 3.63) is 41.9 Å². The van der Waals surface area contributed by atoms with Crippen LogP contribution < -0.4 is 14.8 Å². The zero-order chi connectivity index (χ0) is 16.9. The first kappa shape index (κ1) is 16.5. The average molecular weight is 328 g/mol. The van der Waals surface area contributed by atoms with Crippen LogP contribution in [-0.4, -0.2) is 42.7 Å². The minimum atomic E-state index is 0.264. The van der Waals surface area contributed by atoms with Crippen LogP contribution in [0.15, 0.2) is 30.6 Å². The minimum Gasteiger partial charge on any atom is -0.496 e. The summed E-state index contributed by atoms with van der Waals surface area (Å²) in [5, 5.41) is 3.06. The summed E-state index contributed by atoms with van der Waals surface area (Å²) in [6.07, 6.45) is 5.84. The topological polar surface area (TPSA) is 59.5 Å². The Morgan fingerprint density at radius 2 is 1.96 bits per heavy atom. The number of ether oxygens (including phenoxy) is 2. The summed E-state index contributed by atoms with van der Waals surface area (Å²) in [7, 11) is 5.25. The highest BCUT2D eigenvalue weighted by Gasteiger charge is 2.29. The third-order valence-corrected chi connectivity index (χ3v) is 4.51. The van der Waals surface area contributed by atoms with Crippen LogP contribution in [0.1, 0.15) is 30.1 Å². The van der Waals surface area contributed by atoms with Crippen molar-refractivity contribution in [3.8, 4) is 11.5 Å². The number of nitrogens with zero attached hydrogens (tertiary/aromatic N) is 3. The SMILES string of the molecule is CNc1cncc([C@@H]2CCCN2Cc2c(OC)cccc2OC)n1. The van der Waals surface area contributed by atoms with E-state index in [4.69, 9.17) is 9.47 Å². The van der Waals surface area contributed by atoms with Gasteiger partial charge >= 0.3 is 0 Å². The molecule has 6 heteroatoms. The van der Waals surface area contributed by atoms with Crippen molar-refractivity contribution < 1.29 is 9.47 Å². The predicted octanol–water partition coefficient (Wildman–Crippen LogP) is 2.87. The molecule has 0 amide bonds. The van der Waals surface area contributed by atoms with E-state index < -0.39 is 0 Å². The molecule has 24 heavy (non-hydrogen) atoms. The van der Waals surface area contributed by atoms with Crippen molar-refractivity contribution >= 4 is 5.82 Å². The summed E-state index contributed by atoms with van der Waals surface area (Å²) in [6, 6.07) is 6.17. The van der Waals surface area contributed by atoms with Crippen molar-refractivity contribution in [1.29, 1.82) is 0 Å². The second-order valence-electron chi connectivity index (χ2n) is 5.85. The lowest BCUT2D eigenvalue weighted by molar-refractivity contribution is 0.236. The van der Waals surface area contributed by atoms with Gasteiger partial charge in [-0.15, -0.1) is 0 Å². The Balaban J connectivity index is 1.87. The molecule has 1 aliphatic rings. The molecule has 0 saturated carbocycles. The fourth-order valence-corrected chi connectivity index (χ4v) is 3.30. The van der Waals surface area contributed by atoms with Gasteiger partial charge in [0.15, 0.2) is 0 Å². The number of likely N-dealkylation sites (tertiary alicyclic amines) is 1. The van der Waals surface area contributed by atoms with Crippen LogP contribution in [0, 0.1) is 0 Å². The van der Waals surface area contributed by atoms with E-state index in [1.54, 1.807) is 20.4 Å². The number of hydrogen-bond acceptors (Lipinski definition) is 6. The molecular formula is C18H24N4O2. The molecule has 2 aromatic rings. The van der Waals surface area contributed by atoms with E-state index >= 15 is 0 Å². The Morgan fingerprint density at radius 3 is 2.62 bits per heavy atom. The van der Waals surface area contributed by atoms with Crippen LogP contribution >= 0.6 is 0 Å². The lowest BCUT2D eigenvalue weighted by Gasteiger charge is -2.25. The maximum Gasteiger partial charge on any atom is 0.144 e. The van der Waals surface area contributed by atoms with Gasteiger partial charge in [-0.2, -0.15) is 0 Å². The van der Waals surface area contributed by atoms with Crippen LogP contribution in [0.25, 0.3) is 0 Å². The summed E-state index contributed by atoms with van der Waals surface area (Å²) >= 11 is 0. The van der Waals surface area contributed by atoms with Crippen LogP contribution in [-0.2, 0) is 6.54 Å². The van der Waals surface area contributed by atoms with E-state index in [1.165, 1.54) is 0 Å². The van der Waals surface area contributed by atoms with E-state index in [0.29, 0.717) is 0 Å². The van der Waals surface area contributed by atoms with Gasteiger partial charge in [-0.3, -0.25) is 9.88 Å². The molecular weight excluding hydrogens is 304 g/mol. The van der Waals surface area contributed by atoms with E-state index in [2.05, 4.69) is 20.2 Å². The van der Waals surface area contributed by atoms with Gasteiger partial charge in [0.1, 0.15) is 17.3 Å². The highest BCUT2D eigenvalue weighted by molar-refractivity contribution is 5.45. The second-order valence-corrected chi connectivity index (χ2v) is 5.85. The van der Waals surface area contributed by atoms with Crippen molar-refractivity contribution in [2.75, 3.05) is 33.1 Å². The average Bonchev–Trinajstić information content (AvgIpc) is 3.10. The van der Waals surface area contributed by atoms with Gasteiger partial charge in [0.25, 0.3) is 0 Å². The molecule has 0 aliphatic carbocycles. The summed E-state index contributed by atoms with van der Waals surface area (Å²) in [5.74, 6) is 2.51. The van der Waals surface area contributed by atoms with Gasteiger partial charge in [0, 0.05) is 13.6 Å². The maximum absolute atomic E-state index is 5.53. The molecule has 1 saturated heterocycles. The number of hydrogen-bond donors (Lipinski definition) is 1. The van der Waals surface area contributed by atoms with Gasteiger partial charge in [-0.1, -0.05) is 6.07 Å². The van der Waals surface area contributed by atoms with E-state index in [0.717, 1.165) is 54.5 Å². The Bertz CT molecular complexity index is 670. The molecule has 2 heterocycles. The first-order chi connectivity index (χ1) is 11.8. The Labute approximate surface area is 142 Å². The molecule has 6 nitrogen and oxygen atoms in total. The van der Waals surface area contributed by atoms with E-state index in [9.17, 15) is 0 Å². The number of methoxy groups -OCH3 is 2. The molecule has 3 rings (SSSR count). The Morgan fingerprint density at radius 1 is 1.21 bits per heavy atom. The standard InChI is InChI=1S/C18H24N4O2/c1-19-18-11-20-10-14(21-18)15-6-5-9-22(15)12-13-16(23-2)7-4-8-17(13)24-3/h4,7-8,10-11,15H,5-6,9,12H2,1-3H3,(H,19,21)/t15-/m0/s1. The highest BCUT2D eigenvalue weighted by atomic mass is 16.5. The maximum atomic E-state index is 5.53. The quantitative estimate of drug-likeness (QED) is 0.880. The summed E-state index contributed by atoms with van der Waals surface area (Å²) in [6.45, 7) is 1.79. The molecule has 128 valence electrons. The van der Waals surface area contributed by atoms with Crippen LogP contribution in [0.4, 0.5) is 5.82 Å². The molecule has 1 aromatic heterocycles. The number of anilines is 1. The summed E-state index contributed by atoms with van der Waals surface area (Å²) in [4.78, 5) is 11.4. The minimum absolute atomic E-state index is 0.264. The van der Waals surface area contributed by atoms with Crippen molar-refractivity contribution in [2.24, 2.45) is 0 Å². The molecule has 0 spiro atoms. The number of aromatic nitrogens is 2. The van der Waals surface area contributed by atoms with Gasteiger partial charge in [0.05, 0.1) is 43.9 Å². The van der Waals surface area contributed by atoms with Crippen LogP contribution in [0.3, 0.4) is 0 Å². The van der Waals surface area contributed by atoms with E-state index in [1.807, 2.05) is 31.4 Å². The number of rotatable bonds is 6. The molecule has 1 aliphatic heterocycles.